The molecule has 5 heteroatoms. The number of halogens is 1. The Morgan fingerprint density at radius 1 is 1.18 bits per heavy atom. The molecule has 0 aliphatic carbocycles. The second kappa shape index (κ2) is 5.66. The maximum atomic E-state index is 11.7. The number of benzene rings is 2. The highest BCUT2D eigenvalue weighted by molar-refractivity contribution is 6.31. The first-order valence-corrected chi connectivity index (χ1v) is 7.05. The van der Waals surface area contributed by atoms with Gasteiger partial charge in [-0.3, -0.25) is 4.79 Å². The lowest BCUT2D eigenvalue weighted by Gasteiger charge is -2.03. The van der Waals surface area contributed by atoms with Crippen LogP contribution in [0.4, 0.5) is 5.69 Å². The monoisotopic (exact) mass is 312 g/mol. The van der Waals surface area contributed by atoms with Gasteiger partial charge >= 0.3 is 0 Å². The van der Waals surface area contributed by atoms with E-state index in [1.165, 1.54) is 0 Å². The number of primary amides is 1. The zero-order valence-corrected chi connectivity index (χ0v) is 12.6. The zero-order chi connectivity index (χ0) is 15.7. The molecule has 1 heterocycles. The van der Waals surface area contributed by atoms with E-state index in [4.69, 9.17) is 21.8 Å². The standard InChI is InChI=1S/C17H13ClN2O2/c1-10-3-2-4-13(7-10)20-17-14(16(19)21)9-11-8-12(18)5-6-15(11)22-17/h2-9H,1H3,(H2,19,21). The minimum Gasteiger partial charge on any atom is -0.438 e. The molecule has 0 aliphatic heterocycles. The minimum absolute atomic E-state index is 0.188. The number of nitrogens with zero attached hydrogens (tertiary/aromatic N) is 1. The molecule has 0 aliphatic rings. The van der Waals surface area contributed by atoms with Crippen molar-refractivity contribution < 1.29 is 9.21 Å². The van der Waals surface area contributed by atoms with Gasteiger partial charge in [0.15, 0.2) is 0 Å². The first-order valence-electron chi connectivity index (χ1n) is 6.67. The largest absolute Gasteiger partial charge is 0.438 e. The Bertz CT molecular complexity index is 945. The van der Waals surface area contributed by atoms with E-state index in [9.17, 15) is 4.79 Å². The highest BCUT2D eigenvalue weighted by Gasteiger charge is 2.09. The van der Waals surface area contributed by atoms with Crippen molar-refractivity contribution in [1.82, 2.24) is 0 Å². The van der Waals surface area contributed by atoms with E-state index in [2.05, 4.69) is 4.99 Å². The second-order valence-electron chi connectivity index (χ2n) is 4.96. The fraction of sp³-hybridized carbons (Fsp3) is 0.0588. The summed E-state index contributed by atoms with van der Waals surface area (Å²) in [5.41, 5.74) is 8.18. The Hall–Kier alpha value is -2.59. The van der Waals surface area contributed by atoms with E-state index < -0.39 is 5.91 Å². The minimum atomic E-state index is -0.600. The van der Waals surface area contributed by atoms with E-state index in [0.29, 0.717) is 21.7 Å². The van der Waals surface area contributed by atoms with Gasteiger partial charge in [-0.25, -0.2) is 4.99 Å². The van der Waals surface area contributed by atoms with Crippen LogP contribution in [0.15, 0.2) is 57.9 Å². The number of nitrogens with two attached hydrogens (primary N) is 1. The Morgan fingerprint density at radius 3 is 2.73 bits per heavy atom. The molecule has 110 valence electrons. The molecule has 2 N–H and O–H groups in total. The predicted octanol–water partition coefficient (Wildman–Crippen LogP) is 3.73. The highest BCUT2D eigenvalue weighted by atomic mass is 35.5. The third-order valence-corrected chi connectivity index (χ3v) is 3.44. The van der Waals surface area contributed by atoms with E-state index in [1.54, 1.807) is 24.3 Å². The molecule has 1 aromatic heterocycles. The molecule has 0 saturated carbocycles. The average Bonchev–Trinajstić information content (AvgIpc) is 2.46. The molecule has 0 radical (unpaired) electrons. The number of hydrogen-bond donors (Lipinski definition) is 1. The van der Waals surface area contributed by atoms with Crippen molar-refractivity contribution in [2.75, 3.05) is 0 Å². The molecular weight excluding hydrogens is 300 g/mol. The topological polar surface area (TPSA) is 68.6 Å². The van der Waals surface area contributed by atoms with E-state index in [0.717, 1.165) is 5.56 Å². The van der Waals surface area contributed by atoms with Gasteiger partial charge in [0.2, 0.25) is 5.55 Å². The van der Waals surface area contributed by atoms with Crippen molar-refractivity contribution in [2.45, 2.75) is 6.92 Å². The molecule has 1 amide bonds. The van der Waals surface area contributed by atoms with Crippen molar-refractivity contribution >= 4 is 34.2 Å². The lowest BCUT2D eigenvalue weighted by atomic mass is 10.2. The van der Waals surface area contributed by atoms with Gasteiger partial charge in [0.05, 0.1) is 5.69 Å². The Kier molecular flexibility index (Phi) is 3.69. The summed E-state index contributed by atoms with van der Waals surface area (Å²) >= 11 is 5.96. The Labute approximate surface area is 131 Å². The van der Waals surface area contributed by atoms with Gasteiger partial charge in [-0.05, 0) is 48.9 Å². The number of fused-ring (bicyclic) bond motifs is 1. The van der Waals surface area contributed by atoms with Crippen LogP contribution in [0.2, 0.25) is 5.02 Å². The molecule has 0 fully saturated rings. The summed E-state index contributed by atoms with van der Waals surface area (Å²) in [5, 5.41) is 1.26. The molecule has 22 heavy (non-hydrogen) atoms. The molecule has 0 saturated heterocycles. The first kappa shape index (κ1) is 14.4. The molecule has 0 spiro atoms. The smallest absolute Gasteiger partial charge is 0.254 e. The van der Waals surface area contributed by atoms with Crippen molar-refractivity contribution in [3.05, 3.63) is 70.2 Å². The van der Waals surface area contributed by atoms with Crippen LogP contribution >= 0.6 is 11.6 Å². The molecule has 4 nitrogen and oxygen atoms in total. The molecule has 2 aromatic carbocycles. The van der Waals surface area contributed by atoms with Crippen LogP contribution in [0.5, 0.6) is 0 Å². The summed E-state index contributed by atoms with van der Waals surface area (Å²) in [6.07, 6.45) is 0. The average molecular weight is 313 g/mol. The Balaban J connectivity index is 2.29. The van der Waals surface area contributed by atoms with Crippen LogP contribution in [0.3, 0.4) is 0 Å². The van der Waals surface area contributed by atoms with Gasteiger partial charge in [-0.1, -0.05) is 23.7 Å². The number of amides is 1. The Morgan fingerprint density at radius 2 is 2.00 bits per heavy atom. The van der Waals surface area contributed by atoms with Gasteiger partial charge in [0.1, 0.15) is 11.1 Å². The van der Waals surface area contributed by atoms with E-state index in [-0.39, 0.29) is 11.1 Å². The van der Waals surface area contributed by atoms with Crippen molar-refractivity contribution in [3.63, 3.8) is 0 Å². The summed E-state index contributed by atoms with van der Waals surface area (Å²) in [4.78, 5) is 16.1. The highest BCUT2D eigenvalue weighted by Crippen LogP contribution is 2.19. The quantitative estimate of drug-likeness (QED) is 0.783. The molecule has 0 bridgehead atoms. The maximum absolute atomic E-state index is 11.7. The number of aryl methyl sites for hydroxylation is 1. The lowest BCUT2D eigenvalue weighted by Crippen LogP contribution is -2.21. The van der Waals surface area contributed by atoms with Gasteiger partial charge in [-0.15, -0.1) is 0 Å². The van der Waals surface area contributed by atoms with Crippen LogP contribution in [0, 0.1) is 6.92 Å². The van der Waals surface area contributed by atoms with Gasteiger partial charge in [-0.2, -0.15) is 0 Å². The fourth-order valence-corrected chi connectivity index (χ4v) is 2.36. The molecule has 0 atom stereocenters. The normalized spacial score (nSPS) is 11.8. The molecule has 0 unspecified atom stereocenters. The predicted molar refractivity (Wildman–Crippen MR) is 86.1 cm³/mol. The lowest BCUT2D eigenvalue weighted by molar-refractivity contribution is 0.0996. The zero-order valence-electron chi connectivity index (χ0n) is 11.8. The fourth-order valence-electron chi connectivity index (χ4n) is 2.18. The number of carbonyl (C=O) groups is 1. The summed E-state index contributed by atoms with van der Waals surface area (Å²) in [5.74, 6) is -0.600. The van der Waals surface area contributed by atoms with Crippen molar-refractivity contribution in [2.24, 2.45) is 10.7 Å². The van der Waals surface area contributed by atoms with Crippen LogP contribution in [0.25, 0.3) is 11.0 Å². The van der Waals surface area contributed by atoms with Crippen molar-refractivity contribution in [3.8, 4) is 0 Å². The van der Waals surface area contributed by atoms with Crippen LogP contribution in [-0.2, 0) is 0 Å². The third kappa shape index (κ3) is 2.87. The summed E-state index contributed by atoms with van der Waals surface area (Å²) in [6.45, 7) is 1.97. The number of carbonyl (C=O) groups excluding carboxylic acids is 1. The van der Waals surface area contributed by atoms with Crippen LogP contribution < -0.4 is 11.3 Å². The van der Waals surface area contributed by atoms with Crippen molar-refractivity contribution in [1.29, 1.82) is 0 Å². The summed E-state index contributed by atoms with van der Waals surface area (Å²) < 4.78 is 5.73. The second-order valence-corrected chi connectivity index (χ2v) is 5.40. The van der Waals surface area contributed by atoms with E-state index in [1.807, 2.05) is 31.2 Å². The maximum Gasteiger partial charge on any atom is 0.254 e. The SMILES string of the molecule is Cc1cccc(N=c2oc3ccc(Cl)cc3cc2C(N)=O)c1. The van der Waals surface area contributed by atoms with Gasteiger partial charge in [0, 0.05) is 10.4 Å². The van der Waals surface area contributed by atoms with Gasteiger partial charge < -0.3 is 10.2 Å². The summed E-state index contributed by atoms with van der Waals surface area (Å²) in [7, 11) is 0. The number of rotatable bonds is 2. The first-order chi connectivity index (χ1) is 10.5. The number of hydrogen-bond acceptors (Lipinski definition) is 3. The van der Waals surface area contributed by atoms with Crippen LogP contribution in [0.1, 0.15) is 15.9 Å². The van der Waals surface area contributed by atoms with Crippen LogP contribution in [-0.4, -0.2) is 5.91 Å². The van der Waals surface area contributed by atoms with Gasteiger partial charge in [0.25, 0.3) is 5.91 Å². The molecule has 3 rings (SSSR count). The van der Waals surface area contributed by atoms with E-state index >= 15 is 0 Å². The third-order valence-electron chi connectivity index (χ3n) is 3.21. The summed E-state index contributed by atoms with van der Waals surface area (Å²) in [6, 6.07) is 14.4. The molecular formula is C17H13ClN2O2. The molecule has 3 aromatic rings.